The summed E-state index contributed by atoms with van der Waals surface area (Å²) >= 11 is 0. The highest BCUT2D eigenvalue weighted by Gasteiger charge is 2.18. The van der Waals surface area contributed by atoms with Crippen molar-refractivity contribution in [3.8, 4) is 0 Å². The number of ether oxygens (including phenoxy) is 2. The van der Waals surface area contributed by atoms with Crippen molar-refractivity contribution in [1.29, 1.82) is 0 Å². The van der Waals surface area contributed by atoms with Gasteiger partial charge in [-0.05, 0) is 24.3 Å². The maximum absolute atomic E-state index is 13.0. The molecular weight excluding hydrogens is 275 g/mol. The summed E-state index contributed by atoms with van der Waals surface area (Å²) in [4.78, 5) is 15.5. The van der Waals surface area contributed by atoms with Gasteiger partial charge in [-0.1, -0.05) is 18.2 Å². The smallest absolute Gasteiger partial charge is 0.274 e. The van der Waals surface area contributed by atoms with E-state index in [9.17, 15) is 9.18 Å². The maximum Gasteiger partial charge on any atom is 0.274 e. The van der Waals surface area contributed by atoms with Crippen LogP contribution in [-0.4, -0.2) is 24.1 Å². The molecule has 0 spiro atoms. The highest BCUT2D eigenvalue weighted by atomic mass is 19.1. The van der Waals surface area contributed by atoms with Crippen molar-refractivity contribution < 1.29 is 18.7 Å². The molecule has 1 aromatic heterocycles. The number of hydrogen-bond acceptors (Lipinski definition) is 4. The molecule has 2 aromatic rings. The molecule has 1 aromatic carbocycles. The van der Waals surface area contributed by atoms with E-state index >= 15 is 0 Å². The van der Waals surface area contributed by atoms with Crippen LogP contribution >= 0.6 is 0 Å². The minimum atomic E-state index is -0.691. The van der Waals surface area contributed by atoms with E-state index in [2.05, 4.69) is 10.3 Å². The van der Waals surface area contributed by atoms with Crippen LogP contribution in [0, 0.1) is 5.95 Å². The molecule has 0 bridgehead atoms. The Labute approximate surface area is 120 Å². The minimum absolute atomic E-state index is 0.0220. The van der Waals surface area contributed by atoms with E-state index < -0.39 is 18.1 Å². The number of aromatic nitrogens is 1. The number of nitrogens with zero attached hydrogens (tertiary/aromatic N) is 1. The number of nitrogens with one attached hydrogen (secondary N) is 1. The summed E-state index contributed by atoms with van der Waals surface area (Å²) in [6.07, 6.45) is -0.408. The number of halogens is 1. The molecule has 5 nitrogen and oxygen atoms in total. The SMILES string of the molecule is O=C(Nc1cccc(C2OCCO2)c1)c1cccc(F)n1. The summed E-state index contributed by atoms with van der Waals surface area (Å²) in [6, 6.07) is 11.2. The first kappa shape index (κ1) is 13.7. The second-order valence-corrected chi connectivity index (χ2v) is 4.50. The third-order valence-corrected chi connectivity index (χ3v) is 2.99. The Hall–Kier alpha value is -2.31. The molecular formula is C15H13FN2O3. The van der Waals surface area contributed by atoms with Gasteiger partial charge in [-0.25, -0.2) is 4.98 Å². The molecule has 6 heteroatoms. The van der Waals surface area contributed by atoms with Gasteiger partial charge >= 0.3 is 0 Å². The third-order valence-electron chi connectivity index (χ3n) is 2.99. The number of rotatable bonds is 3. The molecule has 1 saturated heterocycles. The van der Waals surface area contributed by atoms with Crippen LogP contribution in [0.4, 0.5) is 10.1 Å². The summed E-state index contributed by atoms with van der Waals surface area (Å²) in [5, 5.41) is 2.67. The quantitative estimate of drug-likeness (QED) is 0.882. The lowest BCUT2D eigenvalue weighted by atomic mass is 10.2. The molecule has 1 fully saturated rings. The van der Waals surface area contributed by atoms with Crippen LogP contribution in [0.5, 0.6) is 0 Å². The number of anilines is 1. The Kier molecular flexibility index (Phi) is 3.89. The zero-order valence-corrected chi connectivity index (χ0v) is 11.1. The first-order valence-electron chi connectivity index (χ1n) is 6.49. The molecule has 0 atom stereocenters. The van der Waals surface area contributed by atoms with Gasteiger partial charge in [0.15, 0.2) is 6.29 Å². The van der Waals surface area contributed by atoms with E-state index in [1.165, 1.54) is 18.2 Å². The summed E-state index contributed by atoms with van der Waals surface area (Å²) in [5.41, 5.74) is 1.41. The van der Waals surface area contributed by atoms with E-state index in [1.54, 1.807) is 18.2 Å². The molecule has 1 amide bonds. The monoisotopic (exact) mass is 288 g/mol. The molecule has 0 aliphatic carbocycles. The van der Waals surface area contributed by atoms with Crippen molar-refractivity contribution in [2.75, 3.05) is 18.5 Å². The number of hydrogen-bond donors (Lipinski definition) is 1. The fourth-order valence-corrected chi connectivity index (χ4v) is 2.04. The second kappa shape index (κ2) is 5.99. The lowest BCUT2D eigenvalue weighted by molar-refractivity contribution is -0.0440. The Morgan fingerprint density at radius 3 is 2.71 bits per heavy atom. The fraction of sp³-hybridized carbons (Fsp3) is 0.200. The predicted molar refractivity (Wildman–Crippen MR) is 73.2 cm³/mol. The van der Waals surface area contributed by atoms with Crippen LogP contribution in [-0.2, 0) is 9.47 Å². The molecule has 1 aliphatic rings. The van der Waals surface area contributed by atoms with Gasteiger partial charge in [-0.15, -0.1) is 0 Å². The fourth-order valence-electron chi connectivity index (χ4n) is 2.04. The van der Waals surface area contributed by atoms with Gasteiger partial charge in [0.2, 0.25) is 5.95 Å². The Morgan fingerprint density at radius 2 is 1.95 bits per heavy atom. The van der Waals surface area contributed by atoms with Crippen LogP contribution in [0.15, 0.2) is 42.5 Å². The Morgan fingerprint density at radius 1 is 1.19 bits per heavy atom. The molecule has 0 saturated carbocycles. The van der Waals surface area contributed by atoms with Crippen LogP contribution in [0.1, 0.15) is 22.3 Å². The van der Waals surface area contributed by atoms with Gasteiger partial charge in [0.1, 0.15) is 5.69 Å². The van der Waals surface area contributed by atoms with E-state index in [1.807, 2.05) is 6.07 Å². The number of pyridine rings is 1. The van der Waals surface area contributed by atoms with Crippen LogP contribution in [0.3, 0.4) is 0 Å². The van der Waals surface area contributed by atoms with Crippen LogP contribution < -0.4 is 5.32 Å². The molecule has 2 heterocycles. The average molecular weight is 288 g/mol. The van der Waals surface area contributed by atoms with Crippen molar-refractivity contribution in [3.05, 3.63) is 59.7 Å². The van der Waals surface area contributed by atoms with Crippen molar-refractivity contribution >= 4 is 11.6 Å². The molecule has 3 rings (SSSR count). The van der Waals surface area contributed by atoms with Gasteiger partial charge in [0, 0.05) is 11.3 Å². The number of benzene rings is 1. The zero-order valence-electron chi connectivity index (χ0n) is 11.1. The standard InChI is InChI=1S/C15H13FN2O3/c16-13-6-2-5-12(18-13)14(19)17-11-4-1-3-10(9-11)15-20-7-8-21-15/h1-6,9,15H,7-8H2,(H,17,19). The highest BCUT2D eigenvalue weighted by Crippen LogP contribution is 2.25. The summed E-state index contributed by atoms with van der Waals surface area (Å²) in [5.74, 6) is -1.16. The largest absolute Gasteiger partial charge is 0.346 e. The Bertz CT molecular complexity index is 657. The third kappa shape index (κ3) is 3.24. The van der Waals surface area contributed by atoms with Crippen molar-refractivity contribution in [1.82, 2.24) is 4.98 Å². The van der Waals surface area contributed by atoms with Gasteiger partial charge in [0.25, 0.3) is 5.91 Å². The van der Waals surface area contributed by atoms with Gasteiger partial charge in [-0.3, -0.25) is 4.79 Å². The van der Waals surface area contributed by atoms with E-state index in [-0.39, 0.29) is 5.69 Å². The van der Waals surface area contributed by atoms with E-state index in [0.717, 1.165) is 5.56 Å². The van der Waals surface area contributed by atoms with Crippen molar-refractivity contribution in [3.63, 3.8) is 0 Å². The average Bonchev–Trinajstić information content (AvgIpc) is 3.02. The van der Waals surface area contributed by atoms with Crippen molar-refractivity contribution in [2.24, 2.45) is 0 Å². The van der Waals surface area contributed by atoms with Gasteiger partial charge in [0.05, 0.1) is 13.2 Å². The highest BCUT2D eigenvalue weighted by molar-refractivity contribution is 6.02. The van der Waals surface area contributed by atoms with Gasteiger partial charge in [-0.2, -0.15) is 4.39 Å². The molecule has 21 heavy (non-hydrogen) atoms. The number of carbonyl (C=O) groups is 1. The molecule has 1 aliphatic heterocycles. The second-order valence-electron chi connectivity index (χ2n) is 4.50. The van der Waals surface area contributed by atoms with E-state index in [0.29, 0.717) is 18.9 Å². The summed E-state index contributed by atoms with van der Waals surface area (Å²) in [6.45, 7) is 1.10. The van der Waals surface area contributed by atoms with E-state index in [4.69, 9.17) is 9.47 Å². The molecule has 108 valence electrons. The number of amides is 1. The summed E-state index contributed by atoms with van der Waals surface area (Å²) in [7, 11) is 0. The minimum Gasteiger partial charge on any atom is -0.346 e. The summed E-state index contributed by atoms with van der Waals surface area (Å²) < 4.78 is 23.8. The molecule has 0 unspecified atom stereocenters. The first-order valence-corrected chi connectivity index (χ1v) is 6.49. The molecule has 1 N–H and O–H groups in total. The topological polar surface area (TPSA) is 60.5 Å². The number of carbonyl (C=O) groups excluding carboxylic acids is 1. The normalized spacial score (nSPS) is 15.1. The lowest BCUT2D eigenvalue weighted by Crippen LogP contribution is -2.14. The first-order chi connectivity index (χ1) is 10.2. The van der Waals surface area contributed by atoms with Gasteiger partial charge < -0.3 is 14.8 Å². The Balaban J connectivity index is 1.75. The van der Waals surface area contributed by atoms with Crippen LogP contribution in [0.2, 0.25) is 0 Å². The lowest BCUT2D eigenvalue weighted by Gasteiger charge is -2.11. The van der Waals surface area contributed by atoms with Crippen molar-refractivity contribution in [2.45, 2.75) is 6.29 Å². The van der Waals surface area contributed by atoms with Crippen LogP contribution in [0.25, 0.3) is 0 Å². The predicted octanol–water partition coefficient (Wildman–Crippen LogP) is 2.52. The molecule has 0 radical (unpaired) electrons. The maximum atomic E-state index is 13.0. The zero-order chi connectivity index (χ0) is 14.7.